The van der Waals surface area contributed by atoms with Gasteiger partial charge in [0.1, 0.15) is 6.04 Å². The largest absolute Gasteiger partial charge is 0.468 e. The van der Waals surface area contributed by atoms with E-state index in [0.717, 1.165) is 0 Å². The smallest absolute Gasteiger partial charge is 0.323 e. The molecule has 0 saturated carbocycles. The zero-order chi connectivity index (χ0) is 12.6. The number of rotatable bonds is 7. The lowest BCUT2D eigenvalue weighted by molar-refractivity contribution is -0.141. The van der Waals surface area contributed by atoms with Gasteiger partial charge >= 0.3 is 5.97 Å². The van der Waals surface area contributed by atoms with Crippen molar-refractivity contribution in [3.8, 4) is 0 Å². The number of amides is 1. The highest BCUT2D eigenvalue weighted by atomic mass is 32.2. The number of nitrogens with one attached hydrogen (secondary N) is 1. The van der Waals surface area contributed by atoms with Crippen molar-refractivity contribution in [3.05, 3.63) is 0 Å². The fraction of sp³-hybridized carbons (Fsp3) is 0.800. The summed E-state index contributed by atoms with van der Waals surface area (Å²) in [5.74, 6) is 0.735. The first-order chi connectivity index (χ1) is 7.47. The lowest BCUT2D eigenvalue weighted by Crippen LogP contribution is -2.34. The molecule has 1 atom stereocenters. The Bertz CT molecular complexity index is 234. The van der Waals surface area contributed by atoms with E-state index in [1.165, 1.54) is 18.9 Å². The average Bonchev–Trinajstić information content (AvgIpc) is 2.21. The Hall–Kier alpha value is -0.750. The predicted octanol–water partition coefficient (Wildman–Crippen LogP) is 0.135. The number of thioether (sulfide) groups is 1. The van der Waals surface area contributed by atoms with Gasteiger partial charge in [0, 0.05) is 24.0 Å². The fourth-order valence-electron chi connectivity index (χ4n) is 0.989. The molecule has 0 fully saturated rings. The van der Waals surface area contributed by atoms with Crippen LogP contribution in [0, 0.1) is 0 Å². The molecule has 16 heavy (non-hydrogen) atoms. The van der Waals surface area contributed by atoms with Gasteiger partial charge in [0.25, 0.3) is 0 Å². The minimum atomic E-state index is -0.608. The van der Waals surface area contributed by atoms with E-state index >= 15 is 0 Å². The summed E-state index contributed by atoms with van der Waals surface area (Å²) in [5, 5.41) is 2.79. The highest BCUT2D eigenvalue weighted by molar-refractivity contribution is 7.99. The molecule has 1 amide bonds. The lowest BCUT2D eigenvalue weighted by Gasteiger charge is -2.09. The highest BCUT2D eigenvalue weighted by Gasteiger charge is 2.13. The molecule has 0 aliphatic carbocycles. The van der Waals surface area contributed by atoms with Crippen molar-refractivity contribution >= 4 is 23.6 Å². The summed E-state index contributed by atoms with van der Waals surface area (Å²) in [6, 6.07) is -0.446. The summed E-state index contributed by atoms with van der Waals surface area (Å²) in [5.41, 5.74) is 5.53. The third kappa shape index (κ3) is 7.53. The van der Waals surface area contributed by atoms with Gasteiger partial charge in [-0.05, 0) is 13.8 Å². The second kappa shape index (κ2) is 8.41. The minimum Gasteiger partial charge on any atom is -0.468 e. The molecule has 6 heteroatoms. The van der Waals surface area contributed by atoms with E-state index in [1.54, 1.807) is 0 Å². The minimum absolute atomic E-state index is 0.0224. The molecule has 0 rings (SSSR count). The summed E-state index contributed by atoms with van der Waals surface area (Å²) in [7, 11) is 1.31. The summed E-state index contributed by atoms with van der Waals surface area (Å²) in [6.07, 6.45) is 0.441. The molecular formula is C10H20N2O3S. The molecule has 0 bridgehead atoms. The van der Waals surface area contributed by atoms with Crippen LogP contribution in [-0.4, -0.2) is 42.6 Å². The fourth-order valence-corrected chi connectivity index (χ4v) is 1.88. The second-order valence-corrected chi connectivity index (χ2v) is 4.83. The summed E-state index contributed by atoms with van der Waals surface area (Å²) in [6.45, 7) is 3.83. The molecule has 0 aromatic rings. The lowest BCUT2D eigenvalue weighted by atomic mass is 10.3. The maximum atomic E-state index is 11.2. The molecule has 0 aromatic heterocycles. The van der Waals surface area contributed by atoms with Crippen LogP contribution in [0.2, 0.25) is 0 Å². The van der Waals surface area contributed by atoms with E-state index in [4.69, 9.17) is 5.73 Å². The van der Waals surface area contributed by atoms with Crippen LogP contribution in [0.1, 0.15) is 20.3 Å². The molecule has 0 radical (unpaired) electrons. The first-order valence-electron chi connectivity index (χ1n) is 5.18. The van der Waals surface area contributed by atoms with Crippen LogP contribution in [0.3, 0.4) is 0 Å². The van der Waals surface area contributed by atoms with Crippen LogP contribution in [0.4, 0.5) is 0 Å². The van der Waals surface area contributed by atoms with Gasteiger partial charge in [0.05, 0.1) is 7.11 Å². The number of hydrogen-bond donors (Lipinski definition) is 2. The Balaban J connectivity index is 3.53. The molecule has 0 spiro atoms. The van der Waals surface area contributed by atoms with E-state index in [-0.39, 0.29) is 11.9 Å². The third-order valence-electron chi connectivity index (χ3n) is 1.72. The molecule has 0 saturated heterocycles. The van der Waals surface area contributed by atoms with Crippen molar-refractivity contribution in [1.29, 1.82) is 0 Å². The van der Waals surface area contributed by atoms with Gasteiger partial charge in [-0.1, -0.05) is 0 Å². The van der Waals surface area contributed by atoms with Gasteiger partial charge in [-0.2, -0.15) is 11.8 Å². The van der Waals surface area contributed by atoms with E-state index < -0.39 is 12.0 Å². The monoisotopic (exact) mass is 248 g/mol. The summed E-state index contributed by atoms with van der Waals surface area (Å²) < 4.78 is 4.49. The Morgan fingerprint density at radius 2 is 2.06 bits per heavy atom. The highest BCUT2D eigenvalue weighted by Crippen LogP contribution is 2.04. The predicted molar refractivity (Wildman–Crippen MR) is 65.2 cm³/mol. The number of hydrogen-bond acceptors (Lipinski definition) is 5. The third-order valence-corrected chi connectivity index (χ3v) is 2.81. The Labute approximate surface area is 100 Å². The number of ether oxygens (including phenoxy) is 1. The molecule has 0 aliphatic rings. The van der Waals surface area contributed by atoms with Gasteiger partial charge in [-0.3, -0.25) is 9.59 Å². The van der Waals surface area contributed by atoms with E-state index in [9.17, 15) is 9.59 Å². The SMILES string of the molecule is COC(=O)C(N)CSCCC(=O)NC(C)C. The zero-order valence-electron chi connectivity index (χ0n) is 9.99. The molecule has 0 heterocycles. The van der Waals surface area contributed by atoms with Crippen molar-refractivity contribution < 1.29 is 14.3 Å². The molecule has 1 unspecified atom stereocenters. The van der Waals surface area contributed by atoms with E-state index in [0.29, 0.717) is 17.9 Å². The molecular weight excluding hydrogens is 228 g/mol. The van der Waals surface area contributed by atoms with Gasteiger partial charge in [0.15, 0.2) is 0 Å². The van der Waals surface area contributed by atoms with Crippen LogP contribution in [-0.2, 0) is 14.3 Å². The number of nitrogens with two attached hydrogens (primary N) is 1. The van der Waals surface area contributed by atoms with Crippen LogP contribution in [0.25, 0.3) is 0 Å². The molecule has 0 aliphatic heterocycles. The molecule has 3 N–H and O–H groups in total. The van der Waals surface area contributed by atoms with Crippen LogP contribution in [0.15, 0.2) is 0 Å². The number of carbonyl (C=O) groups excluding carboxylic acids is 2. The standard InChI is InChI=1S/C10H20N2O3S/c1-7(2)12-9(13)4-5-16-6-8(11)10(14)15-3/h7-8H,4-6,11H2,1-3H3,(H,12,13). The Kier molecular flexibility index (Phi) is 8.01. The zero-order valence-corrected chi connectivity index (χ0v) is 10.8. The first-order valence-corrected chi connectivity index (χ1v) is 6.33. The average molecular weight is 248 g/mol. The number of esters is 1. The molecule has 0 aromatic carbocycles. The van der Waals surface area contributed by atoms with Crippen LogP contribution < -0.4 is 11.1 Å². The molecule has 94 valence electrons. The molecule has 5 nitrogen and oxygen atoms in total. The summed E-state index contributed by atoms with van der Waals surface area (Å²) >= 11 is 1.47. The van der Waals surface area contributed by atoms with Crippen LogP contribution in [0.5, 0.6) is 0 Å². The maximum absolute atomic E-state index is 11.2. The first kappa shape index (κ1) is 15.2. The maximum Gasteiger partial charge on any atom is 0.323 e. The number of carbonyl (C=O) groups is 2. The van der Waals surface area contributed by atoms with E-state index in [1.807, 2.05) is 13.8 Å². The van der Waals surface area contributed by atoms with E-state index in [2.05, 4.69) is 10.1 Å². The Morgan fingerprint density at radius 3 is 2.56 bits per heavy atom. The second-order valence-electron chi connectivity index (χ2n) is 3.68. The Morgan fingerprint density at radius 1 is 1.44 bits per heavy atom. The summed E-state index contributed by atoms with van der Waals surface area (Å²) in [4.78, 5) is 22.2. The van der Waals surface area contributed by atoms with Crippen molar-refractivity contribution in [2.24, 2.45) is 5.73 Å². The number of methoxy groups -OCH3 is 1. The van der Waals surface area contributed by atoms with Gasteiger partial charge < -0.3 is 15.8 Å². The van der Waals surface area contributed by atoms with Crippen molar-refractivity contribution in [2.75, 3.05) is 18.6 Å². The van der Waals surface area contributed by atoms with Gasteiger partial charge in [-0.15, -0.1) is 0 Å². The van der Waals surface area contributed by atoms with Gasteiger partial charge in [0.2, 0.25) is 5.91 Å². The van der Waals surface area contributed by atoms with Crippen molar-refractivity contribution in [1.82, 2.24) is 5.32 Å². The normalized spacial score (nSPS) is 12.3. The van der Waals surface area contributed by atoms with Gasteiger partial charge in [-0.25, -0.2) is 0 Å². The quantitative estimate of drug-likeness (QED) is 0.494. The van der Waals surface area contributed by atoms with Crippen LogP contribution >= 0.6 is 11.8 Å². The topological polar surface area (TPSA) is 81.4 Å². The van der Waals surface area contributed by atoms with Crippen molar-refractivity contribution in [2.45, 2.75) is 32.4 Å². The van der Waals surface area contributed by atoms with Crippen molar-refractivity contribution in [3.63, 3.8) is 0 Å².